The van der Waals surface area contributed by atoms with E-state index in [9.17, 15) is 14.0 Å². The molecule has 5 nitrogen and oxygen atoms in total. The molecule has 1 amide bonds. The van der Waals surface area contributed by atoms with E-state index >= 15 is 0 Å². The zero-order chi connectivity index (χ0) is 19.2. The molecule has 1 fully saturated rings. The standard InChI is InChI=1S/C20H20FNO4S/c1-2-25-20(24)18-13-27-12-11-22(18)19(23)14-3-7-16(8-4-14)26-17-9-5-15(21)6-10-17/h3-10,18H,2,11-13H2,1H3/t18-/m1/s1. The summed E-state index contributed by atoms with van der Waals surface area (Å²) in [5.41, 5.74) is 0.475. The third-order valence-corrected chi connectivity index (χ3v) is 5.12. The summed E-state index contributed by atoms with van der Waals surface area (Å²) >= 11 is 1.64. The summed E-state index contributed by atoms with van der Waals surface area (Å²) in [6.45, 7) is 2.54. The molecule has 1 aliphatic heterocycles. The van der Waals surface area contributed by atoms with Gasteiger partial charge in [0.15, 0.2) is 0 Å². The molecule has 2 aromatic rings. The number of halogens is 1. The van der Waals surface area contributed by atoms with Gasteiger partial charge in [-0.1, -0.05) is 0 Å². The molecule has 1 aliphatic rings. The molecular weight excluding hydrogens is 369 g/mol. The van der Waals surface area contributed by atoms with E-state index in [1.807, 2.05) is 0 Å². The number of hydrogen-bond acceptors (Lipinski definition) is 5. The molecule has 1 atom stereocenters. The minimum absolute atomic E-state index is 0.207. The SMILES string of the molecule is CCOC(=O)[C@H]1CSCCN1C(=O)c1ccc(Oc2ccc(F)cc2)cc1. The van der Waals surface area contributed by atoms with Crippen LogP contribution in [0.2, 0.25) is 0 Å². The van der Waals surface area contributed by atoms with Gasteiger partial charge in [-0.05, 0) is 55.5 Å². The Morgan fingerprint density at radius 1 is 1.11 bits per heavy atom. The quantitative estimate of drug-likeness (QED) is 0.729. The molecule has 0 spiro atoms. The maximum atomic E-state index is 12.9. The summed E-state index contributed by atoms with van der Waals surface area (Å²) in [4.78, 5) is 26.6. The second-order valence-corrected chi connectivity index (χ2v) is 7.07. The molecule has 7 heteroatoms. The van der Waals surface area contributed by atoms with Crippen LogP contribution in [0.1, 0.15) is 17.3 Å². The molecule has 0 aliphatic carbocycles. The van der Waals surface area contributed by atoms with Crippen LogP contribution in [0.15, 0.2) is 48.5 Å². The van der Waals surface area contributed by atoms with Crippen molar-refractivity contribution >= 4 is 23.6 Å². The second-order valence-electron chi connectivity index (χ2n) is 5.92. The molecule has 0 bridgehead atoms. The van der Waals surface area contributed by atoms with Crippen molar-refractivity contribution in [3.63, 3.8) is 0 Å². The lowest BCUT2D eigenvalue weighted by atomic mass is 10.1. The number of amides is 1. The van der Waals surface area contributed by atoms with E-state index in [-0.39, 0.29) is 24.3 Å². The first-order valence-corrected chi connectivity index (χ1v) is 9.83. The van der Waals surface area contributed by atoms with Crippen molar-refractivity contribution in [2.75, 3.05) is 24.7 Å². The summed E-state index contributed by atoms with van der Waals surface area (Å²) in [7, 11) is 0. The lowest BCUT2D eigenvalue weighted by Gasteiger charge is -2.33. The molecule has 0 N–H and O–H groups in total. The van der Waals surface area contributed by atoms with Crippen molar-refractivity contribution in [3.05, 3.63) is 59.9 Å². The van der Waals surface area contributed by atoms with Gasteiger partial charge in [0, 0.05) is 23.6 Å². The number of thioether (sulfide) groups is 1. The zero-order valence-corrected chi connectivity index (χ0v) is 15.7. The summed E-state index contributed by atoms with van der Waals surface area (Å²) < 4.78 is 23.7. The van der Waals surface area contributed by atoms with Gasteiger partial charge in [-0.2, -0.15) is 11.8 Å². The highest BCUT2D eigenvalue weighted by Gasteiger charge is 2.34. The predicted molar refractivity (Wildman–Crippen MR) is 102 cm³/mol. The molecule has 27 heavy (non-hydrogen) atoms. The largest absolute Gasteiger partial charge is 0.464 e. The zero-order valence-electron chi connectivity index (χ0n) is 14.9. The van der Waals surface area contributed by atoms with Crippen LogP contribution in [0.3, 0.4) is 0 Å². The predicted octanol–water partition coefficient (Wildman–Crippen LogP) is 3.74. The summed E-state index contributed by atoms with van der Waals surface area (Å²) in [5.74, 6) is 1.46. The monoisotopic (exact) mass is 389 g/mol. The average Bonchev–Trinajstić information content (AvgIpc) is 2.70. The first kappa shape index (κ1) is 19.2. The molecule has 1 saturated heterocycles. The normalized spacial score (nSPS) is 16.7. The molecule has 0 saturated carbocycles. The topological polar surface area (TPSA) is 55.8 Å². The molecular formula is C20H20FNO4S. The van der Waals surface area contributed by atoms with E-state index in [0.29, 0.717) is 29.4 Å². The van der Waals surface area contributed by atoms with Gasteiger partial charge in [0.25, 0.3) is 5.91 Å². The van der Waals surface area contributed by atoms with Crippen molar-refractivity contribution in [3.8, 4) is 11.5 Å². The molecule has 3 rings (SSSR count). The highest BCUT2D eigenvalue weighted by atomic mass is 32.2. The Morgan fingerprint density at radius 3 is 2.37 bits per heavy atom. The molecule has 1 heterocycles. The van der Waals surface area contributed by atoms with Gasteiger partial charge < -0.3 is 14.4 Å². The minimum Gasteiger partial charge on any atom is -0.464 e. The Morgan fingerprint density at radius 2 is 1.74 bits per heavy atom. The molecule has 0 radical (unpaired) electrons. The van der Waals surface area contributed by atoms with Crippen molar-refractivity contribution in [1.29, 1.82) is 0 Å². The smallest absolute Gasteiger partial charge is 0.329 e. The van der Waals surface area contributed by atoms with E-state index in [2.05, 4.69) is 0 Å². The number of nitrogens with zero attached hydrogens (tertiary/aromatic N) is 1. The first-order chi connectivity index (χ1) is 13.1. The van der Waals surface area contributed by atoms with Crippen LogP contribution in [0, 0.1) is 5.82 Å². The van der Waals surface area contributed by atoms with Crippen molar-refractivity contribution in [2.24, 2.45) is 0 Å². The molecule has 142 valence electrons. The Hall–Kier alpha value is -2.54. The van der Waals surface area contributed by atoms with Gasteiger partial charge in [-0.25, -0.2) is 9.18 Å². The van der Waals surface area contributed by atoms with E-state index in [1.165, 1.54) is 24.3 Å². The fourth-order valence-corrected chi connectivity index (χ4v) is 3.78. The van der Waals surface area contributed by atoms with E-state index < -0.39 is 6.04 Å². The van der Waals surface area contributed by atoms with Crippen molar-refractivity contribution in [1.82, 2.24) is 4.90 Å². The summed E-state index contributed by atoms with van der Waals surface area (Å²) in [6.07, 6.45) is 0. The lowest BCUT2D eigenvalue weighted by molar-refractivity contribution is -0.147. The lowest BCUT2D eigenvalue weighted by Crippen LogP contribution is -2.50. The number of benzene rings is 2. The Bertz CT molecular complexity index is 795. The molecule has 2 aromatic carbocycles. The fourth-order valence-electron chi connectivity index (χ4n) is 2.75. The van der Waals surface area contributed by atoms with Crippen LogP contribution in [-0.2, 0) is 9.53 Å². The van der Waals surface area contributed by atoms with E-state index in [1.54, 1.807) is 47.9 Å². The van der Waals surface area contributed by atoms with Gasteiger partial charge in [0.1, 0.15) is 23.4 Å². The van der Waals surface area contributed by atoms with E-state index in [4.69, 9.17) is 9.47 Å². The summed E-state index contributed by atoms with van der Waals surface area (Å²) in [6, 6.07) is 11.8. The van der Waals surface area contributed by atoms with Crippen molar-refractivity contribution in [2.45, 2.75) is 13.0 Å². The third-order valence-electron chi connectivity index (χ3n) is 4.10. The number of esters is 1. The Balaban J connectivity index is 1.70. The number of hydrogen-bond donors (Lipinski definition) is 0. The molecule has 0 unspecified atom stereocenters. The highest BCUT2D eigenvalue weighted by molar-refractivity contribution is 7.99. The van der Waals surface area contributed by atoms with Crippen LogP contribution in [-0.4, -0.2) is 47.5 Å². The minimum atomic E-state index is -0.564. The van der Waals surface area contributed by atoms with Crippen molar-refractivity contribution < 1.29 is 23.5 Å². The van der Waals surface area contributed by atoms with Gasteiger partial charge in [-0.3, -0.25) is 4.79 Å². The average molecular weight is 389 g/mol. The van der Waals surface area contributed by atoms with Gasteiger partial charge >= 0.3 is 5.97 Å². The number of ether oxygens (including phenoxy) is 2. The fraction of sp³-hybridized carbons (Fsp3) is 0.300. The number of carbonyl (C=O) groups excluding carboxylic acids is 2. The Labute approximate surface area is 161 Å². The first-order valence-electron chi connectivity index (χ1n) is 8.67. The Kier molecular flexibility index (Phi) is 6.34. The third kappa shape index (κ3) is 4.80. The van der Waals surface area contributed by atoms with Crippen LogP contribution in [0.5, 0.6) is 11.5 Å². The number of carbonyl (C=O) groups is 2. The maximum Gasteiger partial charge on any atom is 0.329 e. The number of rotatable bonds is 5. The van der Waals surface area contributed by atoms with Gasteiger partial charge in [-0.15, -0.1) is 0 Å². The van der Waals surface area contributed by atoms with Crippen LogP contribution >= 0.6 is 11.8 Å². The van der Waals surface area contributed by atoms with Gasteiger partial charge in [0.2, 0.25) is 0 Å². The van der Waals surface area contributed by atoms with Crippen LogP contribution in [0.4, 0.5) is 4.39 Å². The van der Waals surface area contributed by atoms with E-state index in [0.717, 1.165) is 5.75 Å². The molecule has 0 aromatic heterocycles. The second kappa shape index (κ2) is 8.90. The maximum absolute atomic E-state index is 12.9. The van der Waals surface area contributed by atoms with Crippen LogP contribution in [0.25, 0.3) is 0 Å². The van der Waals surface area contributed by atoms with Gasteiger partial charge in [0.05, 0.1) is 6.61 Å². The van der Waals surface area contributed by atoms with Crippen LogP contribution < -0.4 is 4.74 Å². The summed E-state index contributed by atoms with van der Waals surface area (Å²) in [5, 5.41) is 0. The highest BCUT2D eigenvalue weighted by Crippen LogP contribution is 2.24.